The van der Waals surface area contributed by atoms with Gasteiger partial charge in [-0.2, -0.15) is 0 Å². The Morgan fingerprint density at radius 3 is 3.06 bits per heavy atom. The van der Waals surface area contributed by atoms with E-state index in [4.69, 9.17) is 4.74 Å². The summed E-state index contributed by atoms with van der Waals surface area (Å²) in [6.07, 6.45) is 4.78. The van der Waals surface area contributed by atoms with E-state index in [1.165, 1.54) is 11.4 Å². The van der Waals surface area contributed by atoms with Crippen molar-refractivity contribution in [2.45, 2.75) is 51.2 Å². The molecule has 0 amide bonds. The summed E-state index contributed by atoms with van der Waals surface area (Å²) in [7, 11) is 2.05. The molecule has 0 radical (unpaired) electrons. The number of ether oxygens (including phenoxy) is 1. The predicted octanol–water partition coefficient (Wildman–Crippen LogP) is 2.85. The van der Waals surface area contributed by atoms with Crippen LogP contribution in [0.15, 0.2) is 5.38 Å². The molecule has 1 aromatic rings. The van der Waals surface area contributed by atoms with Crippen molar-refractivity contribution < 1.29 is 4.74 Å². The van der Waals surface area contributed by atoms with Gasteiger partial charge < -0.3 is 10.1 Å². The van der Waals surface area contributed by atoms with Crippen molar-refractivity contribution in [2.24, 2.45) is 0 Å². The highest BCUT2D eigenvalue weighted by Crippen LogP contribution is 2.37. The van der Waals surface area contributed by atoms with Crippen molar-refractivity contribution in [3.8, 4) is 0 Å². The minimum absolute atomic E-state index is 0.0387. The first-order valence-electron chi connectivity index (χ1n) is 6.43. The van der Waals surface area contributed by atoms with Crippen molar-refractivity contribution in [3.05, 3.63) is 16.1 Å². The summed E-state index contributed by atoms with van der Waals surface area (Å²) in [5.41, 5.74) is 1.16. The van der Waals surface area contributed by atoms with Crippen LogP contribution >= 0.6 is 11.3 Å². The van der Waals surface area contributed by atoms with Crippen LogP contribution < -0.4 is 5.32 Å². The van der Waals surface area contributed by atoms with E-state index >= 15 is 0 Å². The third-order valence-electron chi connectivity index (χ3n) is 3.58. The lowest BCUT2D eigenvalue weighted by atomic mass is 9.86. The highest BCUT2D eigenvalue weighted by molar-refractivity contribution is 7.09. The van der Waals surface area contributed by atoms with E-state index in [0.717, 1.165) is 31.6 Å². The van der Waals surface area contributed by atoms with E-state index in [1.54, 1.807) is 11.3 Å². The fourth-order valence-corrected chi connectivity index (χ4v) is 3.60. The number of aromatic nitrogens is 1. The van der Waals surface area contributed by atoms with E-state index < -0.39 is 0 Å². The third kappa shape index (κ3) is 2.69. The molecule has 0 saturated carbocycles. The second-order valence-corrected chi connectivity index (χ2v) is 5.72. The summed E-state index contributed by atoms with van der Waals surface area (Å²) in [4.78, 5) is 4.67. The Bertz CT molecular complexity index is 364. The predicted molar refractivity (Wildman–Crippen MR) is 71.5 cm³/mol. The van der Waals surface area contributed by atoms with E-state index in [0.29, 0.717) is 6.10 Å². The quantitative estimate of drug-likeness (QED) is 0.897. The molecule has 0 spiro atoms. The average molecular weight is 254 g/mol. The first-order chi connectivity index (χ1) is 8.20. The lowest BCUT2D eigenvalue weighted by Crippen LogP contribution is -2.47. The first kappa shape index (κ1) is 13.0. The molecule has 0 aliphatic carbocycles. The molecule has 1 N–H and O–H groups in total. The molecule has 96 valence electrons. The Morgan fingerprint density at radius 2 is 2.47 bits per heavy atom. The molecule has 1 fully saturated rings. The number of hydrogen-bond donors (Lipinski definition) is 1. The molecule has 2 unspecified atom stereocenters. The summed E-state index contributed by atoms with van der Waals surface area (Å²) in [5.74, 6) is 0. The Labute approximate surface area is 108 Å². The Balaban J connectivity index is 2.18. The van der Waals surface area contributed by atoms with Gasteiger partial charge in [-0.1, -0.05) is 13.3 Å². The molecule has 2 rings (SSSR count). The number of nitrogens with one attached hydrogen (secondary N) is 1. The van der Waals surface area contributed by atoms with Crippen LogP contribution in [0.3, 0.4) is 0 Å². The molecule has 1 aromatic heterocycles. The van der Waals surface area contributed by atoms with Crippen molar-refractivity contribution in [1.29, 1.82) is 0 Å². The Kier molecular flexibility index (Phi) is 4.17. The van der Waals surface area contributed by atoms with Crippen molar-refractivity contribution in [3.63, 3.8) is 0 Å². The van der Waals surface area contributed by atoms with Crippen LogP contribution in [0, 0.1) is 6.92 Å². The maximum atomic E-state index is 5.84. The van der Waals surface area contributed by atoms with Gasteiger partial charge in [-0.15, -0.1) is 11.3 Å². The fourth-order valence-electron chi connectivity index (χ4n) is 2.56. The smallest absolute Gasteiger partial charge is 0.113 e. The minimum Gasteiger partial charge on any atom is -0.378 e. The van der Waals surface area contributed by atoms with Crippen LogP contribution in [0.2, 0.25) is 0 Å². The second kappa shape index (κ2) is 5.46. The summed E-state index contributed by atoms with van der Waals surface area (Å²) >= 11 is 1.77. The zero-order valence-electron chi connectivity index (χ0n) is 11.0. The maximum absolute atomic E-state index is 5.84. The molecule has 1 aliphatic rings. The van der Waals surface area contributed by atoms with Crippen LogP contribution in [0.4, 0.5) is 0 Å². The number of thiazole rings is 1. The van der Waals surface area contributed by atoms with Crippen molar-refractivity contribution in [2.75, 3.05) is 13.7 Å². The number of rotatable bonds is 4. The van der Waals surface area contributed by atoms with Crippen LogP contribution in [-0.4, -0.2) is 24.7 Å². The second-order valence-electron chi connectivity index (χ2n) is 4.86. The summed E-state index contributed by atoms with van der Waals surface area (Å²) in [6.45, 7) is 5.11. The number of aryl methyl sites for hydroxylation is 1. The lowest BCUT2D eigenvalue weighted by molar-refractivity contribution is -0.0330. The SMILES string of the molecule is CCCC1CC(NC)(c2nc(C)cs2)CCO1. The average Bonchev–Trinajstić information content (AvgIpc) is 2.77. The highest BCUT2D eigenvalue weighted by Gasteiger charge is 2.39. The minimum atomic E-state index is 0.0387. The van der Waals surface area contributed by atoms with Crippen molar-refractivity contribution in [1.82, 2.24) is 10.3 Å². The number of nitrogens with zero attached hydrogens (tertiary/aromatic N) is 1. The Hall–Kier alpha value is -0.450. The van der Waals surface area contributed by atoms with E-state index in [9.17, 15) is 0 Å². The zero-order valence-corrected chi connectivity index (χ0v) is 11.8. The summed E-state index contributed by atoms with van der Waals surface area (Å²) < 4.78 is 5.84. The molecular formula is C13H22N2OS. The number of hydrogen-bond acceptors (Lipinski definition) is 4. The zero-order chi connectivity index (χ0) is 12.3. The largest absolute Gasteiger partial charge is 0.378 e. The van der Waals surface area contributed by atoms with Gasteiger partial charge in [-0.25, -0.2) is 4.98 Å². The van der Waals surface area contributed by atoms with Gasteiger partial charge in [0.05, 0.1) is 11.6 Å². The topological polar surface area (TPSA) is 34.2 Å². The molecule has 1 aliphatic heterocycles. The van der Waals surface area contributed by atoms with Gasteiger partial charge in [0.25, 0.3) is 0 Å². The molecule has 0 aromatic carbocycles. The van der Waals surface area contributed by atoms with Gasteiger partial charge in [0.15, 0.2) is 0 Å². The maximum Gasteiger partial charge on any atom is 0.113 e. The molecule has 4 heteroatoms. The van der Waals surface area contributed by atoms with E-state index in [1.807, 2.05) is 7.05 Å². The summed E-state index contributed by atoms with van der Waals surface area (Å²) in [6, 6.07) is 0. The normalized spacial score (nSPS) is 29.5. The highest BCUT2D eigenvalue weighted by atomic mass is 32.1. The van der Waals surface area contributed by atoms with Gasteiger partial charge in [0.2, 0.25) is 0 Å². The van der Waals surface area contributed by atoms with E-state index in [-0.39, 0.29) is 5.54 Å². The molecular weight excluding hydrogens is 232 g/mol. The molecule has 1 saturated heterocycles. The van der Waals surface area contributed by atoms with Gasteiger partial charge in [0, 0.05) is 17.7 Å². The van der Waals surface area contributed by atoms with E-state index in [2.05, 4.69) is 29.5 Å². The molecule has 0 bridgehead atoms. The monoisotopic (exact) mass is 254 g/mol. The van der Waals surface area contributed by atoms with Gasteiger partial charge >= 0.3 is 0 Å². The fraction of sp³-hybridized carbons (Fsp3) is 0.769. The van der Waals surface area contributed by atoms with Crippen LogP contribution in [0.1, 0.15) is 43.3 Å². The molecule has 17 heavy (non-hydrogen) atoms. The van der Waals surface area contributed by atoms with Crippen molar-refractivity contribution >= 4 is 11.3 Å². The molecule has 2 heterocycles. The van der Waals surface area contributed by atoms with Gasteiger partial charge in [-0.3, -0.25) is 0 Å². The van der Waals surface area contributed by atoms with Crippen LogP contribution in [0.5, 0.6) is 0 Å². The van der Waals surface area contributed by atoms with Gasteiger partial charge in [-0.05, 0) is 33.2 Å². The first-order valence-corrected chi connectivity index (χ1v) is 7.31. The molecule has 2 atom stereocenters. The van der Waals surface area contributed by atoms with Crippen LogP contribution in [-0.2, 0) is 10.3 Å². The Morgan fingerprint density at radius 1 is 1.65 bits per heavy atom. The summed E-state index contributed by atoms with van der Waals surface area (Å²) in [5, 5.41) is 6.86. The molecule has 3 nitrogen and oxygen atoms in total. The van der Waals surface area contributed by atoms with Gasteiger partial charge in [0.1, 0.15) is 5.01 Å². The third-order valence-corrected chi connectivity index (χ3v) is 4.74. The van der Waals surface area contributed by atoms with Crippen LogP contribution in [0.25, 0.3) is 0 Å². The standard InChI is InChI=1S/C13H22N2OS/c1-4-5-11-8-13(14-3,6-7-16-11)12-15-10(2)9-17-12/h9,11,14H,4-8H2,1-3H3. The lowest BCUT2D eigenvalue weighted by Gasteiger charge is -2.39.